The van der Waals surface area contributed by atoms with Gasteiger partial charge in [0, 0.05) is 25.7 Å². The number of nitrogens with two attached hydrogens (primary N) is 1. The van der Waals surface area contributed by atoms with Crippen molar-refractivity contribution in [1.82, 2.24) is 19.8 Å². The zero-order valence-corrected chi connectivity index (χ0v) is 22.3. The summed E-state index contributed by atoms with van der Waals surface area (Å²) in [6, 6.07) is 10.1. The van der Waals surface area contributed by atoms with Crippen molar-refractivity contribution in [3.05, 3.63) is 42.5 Å². The van der Waals surface area contributed by atoms with Gasteiger partial charge in [0.25, 0.3) is 0 Å². The topological polar surface area (TPSA) is 174 Å². The third-order valence-corrected chi connectivity index (χ3v) is 8.53. The molecule has 13 heteroatoms. The Labute approximate surface area is 227 Å². The van der Waals surface area contributed by atoms with Crippen LogP contribution in [-0.2, 0) is 24.4 Å². The maximum absolute atomic E-state index is 13.4. The molecule has 2 amide bonds. The van der Waals surface area contributed by atoms with Gasteiger partial charge < -0.3 is 26.1 Å². The first kappa shape index (κ1) is 28.3. The van der Waals surface area contributed by atoms with Gasteiger partial charge in [-0.05, 0) is 54.5 Å². The molecule has 0 spiro atoms. The van der Waals surface area contributed by atoms with E-state index in [0.29, 0.717) is 24.8 Å². The number of amides is 2. The molecule has 1 saturated carbocycles. The summed E-state index contributed by atoms with van der Waals surface area (Å²) < 4.78 is 29.1. The minimum Gasteiger partial charge on any atom is -0.480 e. The second kappa shape index (κ2) is 12.4. The quantitative estimate of drug-likeness (QED) is 0.127. The fourth-order valence-corrected chi connectivity index (χ4v) is 5.99. The van der Waals surface area contributed by atoms with Crippen molar-refractivity contribution in [2.24, 2.45) is 16.9 Å². The van der Waals surface area contributed by atoms with Gasteiger partial charge in [-0.15, -0.1) is 0 Å². The number of benzene rings is 2. The predicted octanol–water partition coefficient (Wildman–Crippen LogP) is 0.683. The van der Waals surface area contributed by atoms with E-state index >= 15 is 0 Å². The first-order chi connectivity index (χ1) is 18.7. The normalized spacial score (nSPS) is 17.3. The molecule has 1 aliphatic heterocycles. The van der Waals surface area contributed by atoms with Gasteiger partial charge in [-0.3, -0.25) is 14.4 Å². The van der Waals surface area contributed by atoms with Gasteiger partial charge in [0.1, 0.15) is 18.9 Å². The molecule has 12 nitrogen and oxygen atoms in total. The van der Waals surface area contributed by atoms with E-state index in [1.165, 1.54) is 12.1 Å². The van der Waals surface area contributed by atoms with Gasteiger partial charge in [0.2, 0.25) is 21.8 Å². The second-order valence-corrected chi connectivity index (χ2v) is 11.7. The summed E-state index contributed by atoms with van der Waals surface area (Å²) in [7, 11) is -4.21. The minimum atomic E-state index is -4.21. The Hall–Kier alpha value is -3.71. The predicted molar refractivity (Wildman–Crippen MR) is 145 cm³/mol. The molecular formula is C26H34N6O6S. The molecule has 2 fully saturated rings. The zero-order chi connectivity index (χ0) is 28.0. The number of carbonyl (C=O) groups is 3. The summed E-state index contributed by atoms with van der Waals surface area (Å²) in [4.78, 5) is 40.9. The van der Waals surface area contributed by atoms with Crippen molar-refractivity contribution < 1.29 is 27.9 Å². The van der Waals surface area contributed by atoms with Crippen LogP contribution in [0.1, 0.15) is 32.1 Å². The number of likely N-dealkylation sites (tertiary alicyclic amines) is 1. The van der Waals surface area contributed by atoms with Crippen molar-refractivity contribution in [3.8, 4) is 0 Å². The average molecular weight is 559 g/mol. The molecule has 2 aliphatic rings. The Morgan fingerprint density at radius 1 is 1.10 bits per heavy atom. The fraction of sp³-hybridized carbons (Fsp3) is 0.462. The smallest absolute Gasteiger partial charge is 0.323 e. The molecule has 5 N–H and O–H groups in total. The molecule has 0 aromatic heterocycles. The molecule has 2 aromatic rings. The summed E-state index contributed by atoms with van der Waals surface area (Å²) in [6.45, 7) is 1.31. The van der Waals surface area contributed by atoms with Crippen molar-refractivity contribution in [3.63, 3.8) is 0 Å². The van der Waals surface area contributed by atoms with Crippen LogP contribution >= 0.6 is 0 Å². The van der Waals surface area contributed by atoms with Crippen LogP contribution in [0.25, 0.3) is 10.8 Å². The lowest BCUT2D eigenvalue weighted by Crippen LogP contribution is -2.52. The average Bonchev–Trinajstić information content (AvgIpc) is 3.76. The maximum Gasteiger partial charge on any atom is 0.323 e. The highest BCUT2D eigenvalue weighted by Gasteiger charge is 2.39. The number of carbonyl (C=O) groups excluding carboxylic acids is 2. The van der Waals surface area contributed by atoms with Gasteiger partial charge in [-0.25, -0.2) is 8.42 Å². The fourth-order valence-electron chi connectivity index (χ4n) is 4.77. The summed E-state index contributed by atoms with van der Waals surface area (Å²) >= 11 is 0. The number of rotatable bonds is 12. The molecule has 1 atom stereocenters. The number of hydrogen-bond acceptors (Lipinski definition) is 7. The molecule has 4 rings (SSSR count). The van der Waals surface area contributed by atoms with Crippen LogP contribution < -0.4 is 15.9 Å². The van der Waals surface area contributed by atoms with E-state index in [2.05, 4.69) is 15.1 Å². The Morgan fingerprint density at radius 3 is 2.44 bits per heavy atom. The zero-order valence-electron chi connectivity index (χ0n) is 21.5. The molecular weight excluding hydrogens is 524 g/mol. The highest BCUT2D eigenvalue weighted by Crippen LogP contribution is 2.28. The van der Waals surface area contributed by atoms with Crippen LogP contribution in [0, 0.1) is 5.92 Å². The van der Waals surface area contributed by atoms with Gasteiger partial charge in [-0.1, -0.05) is 30.3 Å². The Balaban J connectivity index is 1.48. The van der Waals surface area contributed by atoms with E-state index in [4.69, 9.17) is 5.84 Å². The van der Waals surface area contributed by atoms with Gasteiger partial charge in [0.05, 0.1) is 11.3 Å². The standard InChI is InChI=1S/C26H34N6O6S/c27-29-17-31-11-9-18(10-12-31)15-28-24(33)14-23(26(36)32(16-25(34)35)21-6-7-21)30-39(37,38)22-8-5-19-3-1-2-4-20(19)13-22/h1-5,8,13,17-18,21,23,30H,6-7,9-12,14-16,27H2,(H,28,33)(H,34,35)/t23-/m0/s1. The van der Waals surface area contributed by atoms with Crippen LogP contribution in [0.15, 0.2) is 52.5 Å². The Bertz CT molecular complexity index is 1340. The van der Waals surface area contributed by atoms with Crippen LogP contribution in [-0.4, -0.2) is 85.7 Å². The summed E-state index contributed by atoms with van der Waals surface area (Å²) in [5.74, 6) is 2.99. The maximum atomic E-state index is 13.4. The van der Waals surface area contributed by atoms with E-state index in [0.717, 1.165) is 36.2 Å². The number of carboxylic acid groups (broad SMARTS) is 1. The lowest BCUT2D eigenvalue weighted by molar-refractivity contribution is -0.146. The van der Waals surface area contributed by atoms with Gasteiger partial charge in [-0.2, -0.15) is 9.82 Å². The van der Waals surface area contributed by atoms with Crippen molar-refractivity contribution in [2.45, 2.75) is 49.1 Å². The molecule has 1 heterocycles. The third kappa shape index (κ3) is 7.67. The molecule has 0 unspecified atom stereocenters. The number of aliphatic carboxylic acids is 1. The SMILES string of the molecule is NN=CN1CCC(CNC(=O)C[C@H](NS(=O)(=O)c2ccc3ccccc3c2)C(=O)N(CC(=O)O)C2CC2)CC1. The summed E-state index contributed by atoms with van der Waals surface area (Å²) in [5, 5.41) is 17.2. The van der Waals surface area contributed by atoms with Gasteiger partial charge in [0.15, 0.2) is 0 Å². The number of piperidine rings is 1. The highest BCUT2D eigenvalue weighted by atomic mass is 32.2. The largest absolute Gasteiger partial charge is 0.480 e. The number of carboxylic acids is 1. The third-order valence-electron chi connectivity index (χ3n) is 7.06. The van der Waals surface area contributed by atoms with Crippen LogP contribution in [0.3, 0.4) is 0 Å². The van der Waals surface area contributed by atoms with Crippen LogP contribution in [0.4, 0.5) is 0 Å². The van der Waals surface area contributed by atoms with Crippen molar-refractivity contribution >= 4 is 44.9 Å². The molecule has 1 aliphatic carbocycles. The van der Waals surface area contributed by atoms with Crippen LogP contribution in [0.5, 0.6) is 0 Å². The molecule has 1 saturated heterocycles. The van der Waals surface area contributed by atoms with E-state index in [-0.39, 0.29) is 16.9 Å². The summed E-state index contributed by atoms with van der Waals surface area (Å²) in [5.41, 5.74) is 0. The molecule has 2 aromatic carbocycles. The number of nitrogens with one attached hydrogen (secondary N) is 2. The number of hydrazone groups is 1. The lowest BCUT2D eigenvalue weighted by atomic mass is 9.97. The second-order valence-electron chi connectivity index (χ2n) is 10.0. The van der Waals surface area contributed by atoms with E-state index in [9.17, 15) is 27.9 Å². The Kier molecular flexibility index (Phi) is 9.02. The van der Waals surface area contributed by atoms with E-state index < -0.39 is 46.8 Å². The first-order valence-corrected chi connectivity index (χ1v) is 14.4. The molecule has 0 bridgehead atoms. The number of hydrogen-bond donors (Lipinski definition) is 4. The number of sulfonamides is 1. The Morgan fingerprint density at radius 2 is 1.79 bits per heavy atom. The van der Waals surface area contributed by atoms with Gasteiger partial charge >= 0.3 is 5.97 Å². The van der Waals surface area contributed by atoms with E-state index in [1.54, 1.807) is 24.5 Å². The number of nitrogens with zero attached hydrogens (tertiary/aromatic N) is 3. The van der Waals surface area contributed by atoms with Crippen LogP contribution in [0.2, 0.25) is 0 Å². The van der Waals surface area contributed by atoms with E-state index in [1.807, 2.05) is 17.0 Å². The summed E-state index contributed by atoms with van der Waals surface area (Å²) in [6.07, 6.45) is 4.02. The minimum absolute atomic E-state index is 0.0524. The highest BCUT2D eigenvalue weighted by molar-refractivity contribution is 7.89. The molecule has 39 heavy (non-hydrogen) atoms. The van der Waals surface area contributed by atoms with Crippen molar-refractivity contribution in [2.75, 3.05) is 26.2 Å². The van der Waals surface area contributed by atoms with Crippen molar-refractivity contribution in [1.29, 1.82) is 0 Å². The monoisotopic (exact) mass is 558 g/mol. The first-order valence-electron chi connectivity index (χ1n) is 12.9. The lowest BCUT2D eigenvalue weighted by Gasteiger charge is -2.30. The number of fused-ring (bicyclic) bond motifs is 1. The molecule has 0 radical (unpaired) electrons. The molecule has 210 valence electrons.